The van der Waals surface area contributed by atoms with Crippen molar-refractivity contribution >= 4 is 17.4 Å². The molecule has 0 radical (unpaired) electrons. The van der Waals surface area contributed by atoms with Gasteiger partial charge in [0.15, 0.2) is 0 Å². The van der Waals surface area contributed by atoms with Crippen molar-refractivity contribution in [2.24, 2.45) is 5.41 Å². The number of anilines is 2. The first kappa shape index (κ1) is 18.7. The van der Waals surface area contributed by atoms with Crippen LogP contribution < -0.4 is 9.80 Å². The lowest BCUT2D eigenvalue weighted by Gasteiger charge is -2.39. The van der Waals surface area contributed by atoms with Crippen LogP contribution in [-0.2, 0) is 11.0 Å². The summed E-state index contributed by atoms with van der Waals surface area (Å²) in [5, 5.41) is 0. The van der Waals surface area contributed by atoms with Crippen molar-refractivity contribution in [1.82, 2.24) is 9.97 Å². The summed E-state index contributed by atoms with van der Waals surface area (Å²) >= 11 is 0. The van der Waals surface area contributed by atoms with E-state index in [2.05, 4.69) is 9.97 Å². The van der Waals surface area contributed by atoms with E-state index in [-0.39, 0.29) is 5.91 Å². The zero-order valence-corrected chi connectivity index (χ0v) is 15.5. The SMILES string of the molecule is Cc1cnccc1N1CC[C@@]2(CCCN(c3ccc(C(F)(F)F)cn3)C2)C1=O. The number of alkyl halides is 3. The number of rotatable bonds is 2. The number of pyridine rings is 2. The number of hydrogen-bond donors (Lipinski definition) is 0. The van der Waals surface area contributed by atoms with Gasteiger partial charge in [0.1, 0.15) is 5.82 Å². The summed E-state index contributed by atoms with van der Waals surface area (Å²) < 4.78 is 38.3. The van der Waals surface area contributed by atoms with Gasteiger partial charge < -0.3 is 9.80 Å². The second-order valence-corrected chi connectivity index (χ2v) is 7.58. The first-order valence-electron chi connectivity index (χ1n) is 9.31. The van der Waals surface area contributed by atoms with E-state index in [1.807, 2.05) is 22.8 Å². The van der Waals surface area contributed by atoms with Gasteiger partial charge in [0.05, 0.1) is 11.0 Å². The van der Waals surface area contributed by atoms with Gasteiger partial charge in [-0.05, 0) is 49.9 Å². The third kappa shape index (κ3) is 3.21. The maximum Gasteiger partial charge on any atom is 0.417 e. The fourth-order valence-corrected chi connectivity index (χ4v) is 4.27. The van der Waals surface area contributed by atoms with Crippen molar-refractivity contribution in [2.45, 2.75) is 32.4 Å². The molecule has 0 bridgehead atoms. The Hall–Kier alpha value is -2.64. The van der Waals surface area contributed by atoms with Gasteiger partial charge in [0, 0.05) is 43.9 Å². The quantitative estimate of drug-likeness (QED) is 0.782. The monoisotopic (exact) mass is 390 g/mol. The van der Waals surface area contributed by atoms with Crippen LogP contribution in [0.1, 0.15) is 30.4 Å². The Kier molecular flexibility index (Phi) is 4.51. The van der Waals surface area contributed by atoms with E-state index in [9.17, 15) is 18.0 Å². The van der Waals surface area contributed by atoms with Crippen molar-refractivity contribution in [3.05, 3.63) is 47.9 Å². The highest BCUT2D eigenvalue weighted by Gasteiger charge is 2.49. The van der Waals surface area contributed by atoms with Crippen molar-refractivity contribution in [2.75, 3.05) is 29.4 Å². The average molecular weight is 390 g/mol. The van der Waals surface area contributed by atoms with Gasteiger partial charge in [-0.15, -0.1) is 0 Å². The van der Waals surface area contributed by atoms with Crippen molar-refractivity contribution in [3.63, 3.8) is 0 Å². The number of aromatic nitrogens is 2. The molecular weight excluding hydrogens is 369 g/mol. The highest BCUT2D eigenvalue weighted by atomic mass is 19.4. The second kappa shape index (κ2) is 6.76. The molecule has 4 rings (SSSR count). The third-order valence-electron chi connectivity index (χ3n) is 5.77. The molecule has 28 heavy (non-hydrogen) atoms. The summed E-state index contributed by atoms with van der Waals surface area (Å²) in [5.74, 6) is 0.567. The summed E-state index contributed by atoms with van der Waals surface area (Å²) in [6.07, 6.45) is 2.19. The zero-order valence-electron chi connectivity index (χ0n) is 15.5. The molecule has 0 unspecified atom stereocenters. The molecule has 2 aliphatic heterocycles. The number of piperidine rings is 1. The molecule has 8 heteroatoms. The molecule has 2 aliphatic rings. The largest absolute Gasteiger partial charge is 0.417 e. The first-order valence-corrected chi connectivity index (χ1v) is 9.31. The summed E-state index contributed by atoms with van der Waals surface area (Å²) in [6, 6.07) is 4.29. The Bertz CT molecular complexity index is 884. The van der Waals surface area contributed by atoms with E-state index < -0.39 is 17.2 Å². The lowest BCUT2D eigenvalue weighted by atomic mass is 9.78. The van der Waals surface area contributed by atoms with Gasteiger partial charge in [-0.1, -0.05) is 0 Å². The van der Waals surface area contributed by atoms with Crippen LogP contribution in [0.4, 0.5) is 24.7 Å². The Morgan fingerprint density at radius 1 is 1.11 bits per heavy atom. The number of aryl methyl sites for hydroxylation is 1. The smallest absolute Gasteiger partial charge is 0.356 e. The van der Waals surface area contributed by atoms with E-state index in [0.29, 0.717) is 25.5 Å². The van der Waals surface area contributed by atoms with E-state index >= 15 is 0 Å². The molecule has 2 saturated heterocycles. The molecular formula is C20H21F3N4O. The molecule has 5 nitrogen and oxygen atoms in total. The number of halogens is 3. The third-order valence-corrected chi connectivity index (χ3v) is 5.77. The van der Waals surface area contributed by atoms with Crippen LogP contribution in [0.2, 0.25) is 0 Å². The number of nitrogens with zero attached hydrogens (tertiary/aromatic N) is 4. The number of hydrogen-bond acceptors (Lipinski definition) is 4. The molecule has 148 valence electrons. The highest BCUT2D eigenvalue weighted by Crippen LogP contribution is 2.43. The average Bonchev–Trinajstić information content (AvgIpc) is 2.97. The van der Waals surface area contributed by atoms with Crippen molar-refractivity contribution < 1.29 is 18.0 Å². The normalized spacial score (nSPS) is 22.9. The van der Waals surface area contributed by atoms with Crippen LogP contribution in [0.5, 0.6) is 0 Å². The van der Waals surface area contributed by atoms with E-state index in [4.69, 9.17) is 0 Å². The minimum atomic E-state index is -4.40. The summed E-state index contributed by atoms with van der Waals surface area (Å²) in [7, 11) is 0. The Balaban J connectivity index is 1.55. The summed E-state index contributed by atoms with van der Waals surface area (Å²) in [4.78, 5) is 25.2. The molecule has 0 aliphatic carbocycles. The van der Waals surface area contributed by atoms with Crippen LogP contribution in [0.15, 0.2) is 36.8 Å². The Labute approximate surface area is 161 Å². The molecule has 1 spiro atoms. The van der Waals surface area contributed by atoms with Gasteiger partial charge in [-0.3, -0.25) is 9.78 Å². The standard InChI is InChI=1S/C20H21F3N4O/c1-14-11-24-8-5-16(14)27-10-7-19(18(27)28)6-2-9-26(13-19)17-4-3-15(12-25-17)20(21,22)23/h3-5,8,11-12H,2,6-7,9-10,13H2,1H3/t19-/m1/s1. The fourth-order valence-electron chi connectivity index (χ4n) is 4.27. The molecule has 0 aromatic carbocycles. The topological polar surface area (TPSA) is 49.3 Å². The lowest BCUT2D eigenvalue weighted by Crippen LogP contribution is -2.48. The lowest BCUT2D eigenvalue weighted by molar-refractivity contribution is -0.137. The zero-order chi connectivity index (χ0) is 19.9. The fraction of sp³-hybridized carbons (Fsp3) is 0.450. The van der Waals surface area contributed by atoms with E-state index in [1.165, 1.54) is 6.07 Å². The molecule has 2 fully saturated rings. The minimum Gasteiger partial charge on any atom is -0.356 e. The van der Waals surface area contributed by atoms with Crippen LogP contribution in [0.3, 0.4) is 0 Å². The molecule has 4 heterocycles. The van der Waals surface area contributed by atoms with Crippen molar-refractivity contribution in [3.8, 4) is 0 Å². The maximum atomic E-state index is 13.3. The Morgan fingerprint density at radius 2 is 1.93 bits per heavy atom. The number of amides is 1. The predicted octanol–water partition coefficient (Wildman–Crippen LogP) is 3.83. The van der Waals surface area contributed by atoms with E-state index in [0.717, 1.165) is 42.8 Å². The van der Waals surface area contributed by atoms with Crippen LogP contribution in [0.25, 0.3) is 0 Å². The van der Waals surface area contributed by atoms with Gasteiger partial charge in [0.25, 0.3) is 0 Å². The summed E-state index contributed by atoms with van der Waals surface area (Å²) in [5.41, 5.74) is 0.545. The van der Waals surface area contributed by atoms with Crippen LogP contribution in [0, 0.1) is 12.3 Å². The predicted molar refractivity (Wildman–Crippen MR) is 99.1 cm³/mol. The molecule has 1 amide bonds. The van der Waals surface area contributed by atoms with Gasteiger partial charge in [-0.2, -0.15) is 13.2 Å². The van der Waals surface area contributed by atoms with E-state index in [1.54, 1.807) is 12.4 Å². The molecule has 2 aromatic heterocycles. The molecule has 0 N–H and O–H groups in total. The second-order valence-electron chi connectivity index (χ2n) is 7.58. The first-order chi connectivity index (χ1) is 13.3. The number of carbonyl (C=O) groups is 1. The van der Waals surface area contributed by atoms with Crippen LogP contribution >= 0.6 is 0 Å². The van der Waals surface area contributed by atoms with Gasteiger partial charge in [-0.25, -0.2) is 4.98 Å². The summed E-state index contributed by atoms with van der Waals surface area (Å²) in [6.45, 7) is 3.73. The molecule has 0 saturated carbocycles. The maximum absolute atomic E-state index is 13.3. The highest BCUT2D eigenvalue weighted by molar-refractivity contribution is 6.00. The van der Waals surface area contributed by atoms with Gasteiger partial charge >= 0.3 is 6.18 Å². The van der Waals surface area contributed by atoms with Crippen LogP contribution in [-0.4, -0.2) is 35.5 Å². The van der Waals surface area contributed by atoms with Crippen molar-refractivity contribution in [1.29, 1.82) is 0 Å². The molecule has 2 aromatic rings. The van der Waals surface area contributed by atoms with Gasteiger partial charge in [0.2, 0.25) is 5.91 Å². The Morgan fingerprint density at radius 3 is 2.61 bits per heavy atom. The number of carbonyl (C=O) groups excluding carboxylic acids is 1. The minimum absolute atomic E-state index is 0.0819. The molecule has 1 atom stereocenters.